The second-order valence-electron chi connectivity index (χ2n) is 20.8. The molecule has 0 aromatic heterocycles. The van der Waals surface area contributed by atoms with Crippen molar-refractivity contribution in [2.45, 2.75) is 180 Å². The number of rotatable bonds is 6. The number of carbonyl (C=O) groups excluding carboxylic acids is 1. The molecule has 0 bridgehead atoms. The van der Waals surface area contributed by atoms with E-state index in [9.17, 15) is 55.9 Å². The number of aliphatic hydroxyl groups excluding tert-OH is 10. The predicted molar refractivity (Wildman–Crippen MR) is 200 cm³/mol. The molecule has 20 atom stereocenters. The van der Waals surface area contributed by atoms with Gasteiger partial charge in [0.05, 0.1) is 36.9 Å². The van der Waals surface area contributed by atoms with Crippen LogP contribution in [0.4, 0.5) is 0 Å². The molecule has 7 aliphatic rings. The van der Waals surface area contributed by atoms with Gasteiger partial charge in [-0.1, -0.05) is 60.1 Å². The summed E-state index contributed by atoms with van der Waals surface area (Å²) in [5, 5.41) is 108. The van der Waals surface area contributed by atoms with Crippen molar-refractivity contribution in [2.75, 3.05) is 13.2 Å². The Morgan fingerprint density at radius 2 is 1.32 bits per heavy atom. The van der Waals surface area contributed by atoms with Crippen LogP contribution in [0.2, 0.25) is 0 Å². The lowest BCUT2D eigenvalue weighted by Gasteiger charge is -2.71. The first kappa shape index (κ1) is 43.8. The molecule has 2 aliphatic heterocycles. The molecule has 0 radical (unpaired) electrons. The molecule has 15 heteroatoms. The fraction of sp³-hybridized carbons (Fsp3) is 0.929. The molecular weight excluding hydrogens is 744 g/mol. The van der Waals surface area contributed by atoms with Gasteiger partial charge in [0.15, 0.2) is 6.29 Å². The lowest BCUT2D eigenvalue weighted by Crippen LogP contribution is -2.68. The number of ether oxygens (including phenoxy) is 4. The van der Waals surface area contributed by atoms with E-state index in [2.05, 4.69) is 40.7 Å². The summed E-state index contributed by atoms with van der Waals surface area (Å²) in [4.78, 5) is 14.8. The van der Waals surface area contributed by atoms with Crippen LogP contribution in [0.15, 0.2) is 11.6 Å². The molecule has 2 heterocycles. The predicted octanol–water partition coefficient (Wildman–Crippen LogP) is 0.258. The number of fused-ring (bicyclic) bond motifs is 7. The molecular formula is C42H68O15. The fourth-order valence-electron chi connectivity index (χ4n) is 13.5. The quantitative estimate of drug-likeness (QED) is 0.128. The highest BCUT2D eigenvalue weighted by atomic mass is 16.7. The highest BCUT2D eigenvalue weighted by Crippen LogP contribution is 2.76. The van der Waals surface area contributed by atoms with E-state index in [1.807, 2.05) is 13.8 Å². The SMILES string of the molecule is CC1(C)CC[C@]2(C(=O)O[C@@H]3O[C@H](CO[C@@H]4O[C@H](CO)[C@@H](O)[C@H](O)[C@H]4O)[C@@H](O)[C@H](O)[C@H]3O)CC[C@]3(C)C(=CC[C@@H]4[C@@]5(C)C[C@@H](O)[C@@H](O)C(C)(C)[C@@H]5CC[C@]43C)[C@@H]2[C@@H]1O. The highest BCUT2D eigenvalue weighted by molar-refractivity contribution is 5.79. The fourth-order valence-corrected chi connectivity index (χ4v) is 13.5. The molecule has 326 valence electrons. The van der Waals surface area contributed by atoms with E-state index in [1.54, 1.807) is 0 Å². The molecule has 0 amide bonds. The number of allylic oxidation sites excluding steroid dienone is 1. The van der Waals surface area contributed by atoms with Crippen LogP contribution in [0.5, 0.6) is 0 Å². The molecule has 57 heavy (non-hydrogen) atoms. The van der Waals surface area contributed by atoms with Crippen LogP contribution in [0, 0.1) is 50.2 Å². The maximum atomic E-state index is 14.8. The number of esters is 1. The number of carbonyl (C=O) groups is 1. The molecule has 0 spiro atoms. The van der Waals surface area contributed by atoms with Crippen LogP contribution in [0.25, 0.3) is 0 Å². The Morgan fingerprint density at radius 3 is 1.96 bits per heavy atom. The molecule has 7 rings (SSSR count). The van der Waals surface area contributed by atoms with Crippen LogP contribution in [0.3, 0.4) is 0 Å². The van der Waals surface area contributed by atoms with Crippen molar-refractivity contribution in [1.29, 1.82) is 0 Å². The van der Waals surface area contributed by atoms with Gasteiger partial charge >= 0.3 is 5.97 Å². The van der Waals surface area contributed by atoms with E-state index in [-0.39, 0.29) is 22.7 Å². The first-order valence-electron chi connectivity index (χ1n) is 21.0. The van der Waals surface area contributed by atoms with E-state index in [0.29, 0.717) is 38.5 Å². The van der Waals surface area contributed by atoms with Crippen molar-refractivity contribution >= 4 is 5.97 Å². The Hall–Kier alpha value is -1.31. The zero-order valence-electron chi connectivity index (χ0n) is 34.4. The molecule has 15 nitrogen and oxygen atoms in total. The van der Waals surface area contributed by atoms with E-state index in [0.717, 1.165) is 18.4 Å². The first-order chi connectivity index (χ1) is 26.4. The van der Waals surface area contributed by atoms with Crippen molar-refractivity contribution < 1.29 is 74.8 Å². The summed E-state index contributed by atoms with van der Waals surface area (Å²) in [6.07, 6.45) is -11.9. The lowest BCUT2D eigenvalue weighted by atomic mass is 9.33. The molecule has 0 aromatic carbocycles. The minimum Gasteiger partial charge on any atom is -0.432 e. The third-order valence-electron chi connectivity index (χ3n) is 17.4. The molecule has 0 aromatic rings. The lowest BCUT2D eigenvalue weighted by molar-refractivity contribution is -0.328. The van der Waals surface area contributed by atoms with Crippen molar-refractivity contribution in [3.8, 4) is 0 Å². The molecule has 0 unspecified atom stereocenters. The zero-order valence-corrected chi connectivity index (χ0v) is 34.4. The zero-order chi connectivity index (χ0) is 42.0. The smallest absolute Gasteiger partial charge is 0.315 e. The van der Waals surface area contributed by atoms with Gasteiger partial charge in [-0.15, -0.1) is 0 Å². The van der Waals surface area contributed by atoms with Gasteiger partial charge < -0.3 is 70.0 Å². The van der Waals surface area contributed by atoms with Crippen LogP contribution in [-0.2, 0) is 23.7 Å². The maximum Gasteiger partial charge on any atom is 0.315 e. The Morgan fingerprint density at radius 1 is 0.719 bits per heavy atom. The summed E-state index contributed by atoms with van der Waals surface area (Å²) < 4.78 is 22.9. The van der Waals surface area contributed by atoms with Gasteiger partial charge in [0.25, 0.3) is 0 Å². The van der Waals surface area contributed by atoms with Crippen LogP contribution < -0.4 is 0 Å². The van der Waals surface area contributed by atoms with Gasteiger partial charge in [0, 0.05) is 5.92 Å². The van der Waals surface area contributed by atoms with Crippen LogP contribution >= 0.6 is 0 Å². The standard InChI is InChI=1S/C42H68O15/c1-37(2)12-14-42(36(53)57-35-31(50)29(48)27(46)22(56-35)18-54-34-30(49)28(47)26(45)21(17-43)55-34)15-13-40(6)19(25(42)33(37)52)8-9-24-39(5)16-20(44)32(51)38(3,4)23(39)10-11-41(24,40)7/h8,20-35,43-52H,9-18H2,1-7H3/t20-,21-,22-,23+,24-,25-,26-,27-,28+,29+,30-,31-,32-,33+,34-,35+,39+,40-,41-,42+/m1/s1. The second-order valence-corrected chi connectivity index (χ2v) is 20.8. The normalized spacial score (nSPS) is 54.3. The van der Waals surface area contributed by atoms with E-state index in [4.69, 9.17) is 18.9 Å². The number of hydrogen-bond donors (Lipinski definition) is 10. The van der Waals surface area contributed by atoms with Gasteiger partial charge in [-0.25, -0.2) is 0 Å². The molecule has 5 aliphatic carbocycles. The largest absolute Gasteiger partial charge is 0.432 e. The average molecular weight is 813 g/mol. The van der Waals surface area contributed by atoms with Gasteiger partial charge in [-0.05, 0) is 90.3 Å². The molecule has 4 saturated carbocycles. The van der Waals surface area contributed by atoms with Crippen molar-refractivity contribution in [3.05, 3.63) is 11.6 Å². The van der Waals surface area contributed by atoms with E-state index >= 15 is 0 Å². The second kappa shape index (κ2) is 14.7. The first-order valence-corrected chi connectivity index (χ1v) is 21.0. The minimum atomic E-state index is -1.85. The van der Waals surface area contributed by atoms with Gasteiger partial charge in [-0.2, -0.15) is 0 Å². The Kier molecular flexibility index (Phi) is 11.3. The third kappa shape index (κ3) is 6.35. The number of hydrogen-bond acceptors (Lipinski definition) is 15. The minimum absolute atomic E-state index is 0.174. The van der Waals surface area contributed by atoms with Crippen LogP contribution in [-0.4, -0.2) is 150 Å². The topological polar surface area (TPSA) is 256 Å². The summed E-state index contributed by atoms with van der Waals surface area (Å²) in [5.41, 5.74) is -2.15. The summed E-state index contributed by atoms with van der Waals surface area (Å²) in [6, 6.07) is 0. The van der Waals surface area contributed by atoms with Crippen molar-refractivity contribution in [2.24, 2.45) is 50.2 Å². The summed E-state index contributed by atoms with van der Waals surface area (Å²) >= 11 is 0. The Labute approximate surface area is 335 Å². The maximum absolute atomic E-state index is 14.8. The van der Waals surface area contributed by atoms with Crippen molar-refractivity contribution in [1.82, 2.24) is 0 Å². The number of aliphatic hydroxyl groups is 10. The highest BCUT2D eigenvalue weighted by Gasteiger charge is 2.71. The Balaban J connectivity index is 1.16. The third-order valence-corrected chi connectivity index (χ3v) is 17.4. The van der Waals surface area contributed by atoms with E-state index in [1.165, 1.54) is 0 Å². The van der Waals surface area contributed by atoms with Gasteiger partial charge in [0.2, 0.25) is 6.29 Å². The van der Waals surface area contributed by atoms with Crippen LogP contribution in [0.1, 0.15) is 99.8 Å². The Bertz CT molecular complexity index is 1550. The van der Waals surface area contributed by atoms with Gasteiger partial charge in [-0.3, -0.25) is 4.79 Å². The summed E-state index contributed by atoms with van der Waals surface area (Å²) in [7, 11) is 0. The molecule has 6 fully saturated rings. The molecule has 2 saturated heterocycles. The monoisotopic (exact) mass is 812 g/mol. The van der Waals surface area contributed by atoms with E-state index < -0.39 is 126 Å². The van der Waals surface area contributed by atoms with Crippen molar-refractivity contribution in [3.63, 3.8) is 0 Å². The summed E-state index contributed by atoms with van der Waals surface area (Å²) in [6.45, 7) is 13.8. The van der Waals surface area contributed by atoms with Gasteiger partial charge in [0.1, 0.15) is 48.8 Å². The molecule has 10 N–H and O–H groups in total. The summed E-state index contributed by atoms with van der Waals surface area (Å²) in [5.74, 6) is -0.958. The average Bonchev–Trinajstić information content (AvgIpc) is 3.15.